The first kappa shape index (κ1) is 15.5. The van der Waals surface area contributed by atoms with Gasteiger partial charge in [-0.3, -0.25) is 9.59 Å². The average molecular weight is 312 g/mol. The molecule has 2 aromatic rings. The minimum Gasteiger partial charge on any atom is -0.387 e. The molecule has 0 saturated carbocycles. The molecule has 2 atom stereocenters. The van der Waals surface area contributed by atoms with Gasteiger partial charge in [-0.2, -0.15) is 0 Å². The quantitative estimate of drug-likeness (QED) is 0.801. The Labute approximate surface area is 134 Å². The summed E-state index contributed by atoms with van der Waals surface area (Å²) in [5.74, 6) is -0.557. The Morgan fingerprint density at radius 3 is 2.83 bits per heavy atom. The maximum Gasteiger partial charge on any atom is 0.223 e. The molecule has 0 aliphatic carbocycles. The summed E-state index contributed by atoms with van der Waals surface area (Å²) in [6.07, 6.45) is 0.0997. The lowest BCUT2D eigenvalue weighted by Gasteiger charge is -2.22. The molecule has 5 heteroatoms. The van der Waals surface area contributed by atoms with Crippen LogP contribution in [0, 0.1) is 5.92 Å². The molecule has 5 nitrogen and oxygen atoms in total. The van der Waals surface area contributed by atoms with E-state index >= 15 is 0 Å². The highest BCUT2D eigenvalue weighted by atomic mass is 16.3. The predicted molar refractivity (Wildman–Crippen MR) is 87.7 cm³/mol. The smallest absolute Gasteiger partial charge is 0.223 e. The standard InChI is InChI=1S/C18H20N2O3/c21-16(11-20-18(23)15-7-8-19-17(22)10-15)14-6-5-12-3-1-2-4-13(12)9-14/h1-6,9,15-16,21H,7-8,10-11H2,(H,19,22)(H,20,23). The van der Waals surface area contributed by atoms with Crippen molar-refractivity contribution in [1.29, 1.82) is 0 Å². The zero-order chi connectivity index (χ0) is 16.2. The third-order valence-electron chi connectivity index (χ3n) is 4.25. The number of carbonyl (C=O) groups is 2. The van der Waals surface area contributed by atoms with E-state index in [1.807, 2.05) is 42.5 Å². The molecule has 2 aromatic carbocycles. The van der Waals surface area contributed by atoms with Crippen molar-refractivity contribution in [2.45, 2.75) is 18.9 Å². The van der Waals surface area contributed by atoms with Crippen LogP contribution in [-0.4, -0.2) is 30.0 Å². The number of hydrogen-bond acceptors (Lipinski definition) is 3. The highest BCUT2D eigenvalue weighted by molar-refractivity contribution is 5.87. The minimum absolute atomic E-state index is 0.0912. The van der Waals surface area contributed by atoms with Gasteiger partial charge in [0.15, 0.2) is 0 Å². The lowest BCUT2D eigenvalue weighted by atomic mass is 9.96. The summed E-state index contributed by atoms with van der Waals surface area (Å²) in [5.41, 5.74) is 0.769. The van der Waals surface area contributed by atoms with Crippen LogP contribution in [0.25, 0.3) is 10.8 Å². The molecular weight excluding hydrogens is 292 g/mol. The molecule has 2 amide bonds. The van der Waals surface area contributed by atoms with E-state index < -0.39 is 6.10 Å². The summed E-state index contributed by atoms with van der Waals surface area (Å²) >= 11 is 0. The van der Waals surface area contributed by atoms with Crippen LogP contribution in [0.4, 0.5) is 0 Å². The van der Waals surface area contributed by atoms with Gasteiger partial charge >= 0.3 is 0 Å². The molecule has 120 valence electrons. The molecule has 3 N–H and O–H groups in total. The summed E-state index contributed by atoms with van der Waals surface area (Å²) in [6.45, 7) is 0.680. The summed E-state index contributed by atoms with van der Waals surface area (Å²) in [4.78, 5) is 23.4. The number of benzene rings is 2. The molecule has 1 aliphatic rings. The first-order valence-corrected chi connectivity index (χ1v) is 7.84. The normalized spacial score (nSPS) is 19.2. The summed E-state index contributed by atoms with van der Waals surface area (Å²) in [7, 11) is 0. The van der Waals surface area contributed by atoms with Gasteiger partial charge in [0.2, 0.25) is 11.8 Å². The first-order chi connectivity index (χ1) is 11.1. The van der Waals surface area contributed by atoms with Gasteiger partial charge in [0, 0.05) is 25.4 Å². The lowest BCUT2D eigenvalue weighted by Crippen LogP contribution is -2.42. The minimum atomic E-state index is -0.763. The van der Waals surface area contributed by atoms with Crippen LogP contribution in [0.15, 0.2) is 42.5 Å². The molecule has 1 aliphatic heterocycles. The SMILES string of the molecule is O=C1CC(C(=O)NCC(O)c2ccc3ccccc3c2)CCN1. The topological polar surface area (TPSA) is 78.4 Å². The highest BCUT2D eigenvalue weighted by Gasteiger charge is 2.25. The maximum atomic E-state index is 12.1. The summed E-state index contributed by atoms with van der Waals surface area (Å²) in [5, 5.41) is 17.9. The number of fused-ring (bicyclic) bond motifs is 1. The van der Waals surface area contributed by atoms with Crippen molar-refractivity contribution in [3.8, 4) is 0 Å². The molecule has 0 aromatic heterocycles. The number of amides is 2. The Hall–Kier alpha value is -2.40. The molecule has 0 radical (unpaired) electrons. The van der Waals surface area contributed by atoms with E-state index in [0.717, 1.165) is 16.3 Å². The number of aliphatic hydroxyl groups excluding tert-OH is 1. The number of nitrogens with one attached hydrogen (secondary N) is 2. The fraction of sp³-hybridized carbons (Fsp3) is 0.333. The second-order valence-corrected chi connectivity index (χ2v) is 5.91. The van der Waals surface area contributed by atoms with E-state index in [0.29, 0.717) is 13.0 Å². The van der Waals surface area contributed by atoms with E-state index in [1.54, 1.807) is 0 Å². The number of rotatable bonds is 4. The summed E-state index contributed by atoms with van der Waals surface area (Å²) in [6, 6.07) is 13.7. The van der Waals surface area contributed by atoms with Crippen LogP contribution in [0.3, 0.4) is 0 Å². The Balaban J connectivity index is 1.60. The van der Waals surface area contributed by atoms with Gasteiger partial charge in [-0.05, 0) is 28.8 Å². The van der Waals surface area contributed by atoms with Crippen LogP contribution in [0.2, 0.25) is 0 Å². The van der Waals surface area contributed by atoms with Crippen molar-refractivity contribution >= 4 is 22.6 Å². The van der Waals surface area contributed by atoms with Crippen molar-refractivity contribution in [2.24, 2.45) is 5.92 Å². The predicted octanol–water partition coefficient (Wildman–Crippen LogP) is 1.52. The van der Waals surface area contributed by atoms with Gasteiger partial charge in [-0.1, -0.05) is 36.4 Å². The van der Waals surface area contributed by atoms with E-state index in [-0.39, 0.29) is 30.7 Å². The van der Waals surface area contributed by atoms with E-state index in [9.17, 15) is 14.7 Å². The zero-order valence-electron chi connectivity index (χ0n) is 12.8. The second kappa shape index (κ2) is 6.79. The molecule has 1 saturated heterocycles. The van der Waals surface area contributed by atoms with Gasteiger partial charge < -0.3 is 15.7 Å². The Bertz CT molecular complexity index is 729. The average Bonchev–Trinajstić information content (AvgIpc) is 2.59. The highest BCUT2D eigenvalue weighted by Crippen LogP contribution is 2.20. The lowest BCUT2D eigenvalue weighted by molar-refractivity contribution is -0.132. The van der Waals surface area contributed by atoms with Crippen molar-refractivity contribution < 1.29 is 14.7 Å². The molecule has 23 heavy (non-hydrogen) atoms. The number of carbonyl (C=O) groups excluding carboxylic acids is 2. The monoisotopic (exact) mass is 312 g/mol. The third-order valence-corrected chi connectivity index (χ3v) is 4.25. The van der Waals surface area contributed by atoms with Gasteiger partial charge in [0.05, 0.1) is 6.10 Å². The molecule has 0 spiro atoms. The second-order valence-electron chi connectivity index (χ2n) is 5.91. The van der Waals surface area contributed by atoms with Gasteiger partial charge in [-0.25, -0.2) is 0 Å². The van der Waals surface area contributed by atoms with Crippen LogP contribution < -0.4 is 10.6 Å². The van der Waals surface area contributed by atoms with E-state index in [2.05, 4.69) is 10.6 Å². The Kier molecular flexibility index (Phi) is 4.57. The van der Waals surface area contributed by atoms with Crippen LogP contribution in [0.5, 0.6) is 0 Å². The molecule has 2 unspecified atom stereocenters. The van der Waals surface area contributed by atoms with E-state index in [4.69, 9.17) is 0 Å². The van der Waals surface area contributed by atoms with Crippen molar-refractivity contribution in [3.63, 3.8) is 0 Å². The van der Waals surface area contributed by atoms with Crippen LogP contribution in [0.1, 0.15) is 24.5 Å². The maximum absolute atomic E-state index is 12.1. The van der Waals surface area contributed by atoms with Gasteiger partial charge in [-0.15, -0.1) is 0 Å². The Morgan fingerprint density at radius 2 is 2.04 bits per heavy atom. The van der Waals surface area contributed by atoms with Gasteiger partial charge in [0.25, 0.3) is 0 Å². The Morgan fingerprint density at radius 1 is 1.26 bits per heavy atom. The van der Waals surface area contributed by atoms with Crippen molar-refractivity contribution in [3.05, 3.63) is 48.0 Å². The number of hydrogen-bond donors (Lipinski definition) is 3. The molecule has 1 fully saturated rings. The number of aliphatic hydroxyl groups is 1. The van der Waals surface area contributed by atoms with Gasteiger partial charge in [0.1, 0.15) is 0 Å². The third kappa shape index (κ3) is 3.68. The zero-order valence-corrected chi connectivity index (χ0v) is 12.8. The summed E-state index contributed by atoms with van der Waals surface area (Å²) < 4.78 is 0. The largest absolute Gasteiger partial charge is 0.387 e. The number of piperidine rings is 1. The molecule has 3 rings (SSSR count). The van der Waals surface area contributed by atoms with Crippen molar-refractivity contribution in [1.82, 2.24) is 10.6 Å². The van der Waals surface area contributed by atoms with Crippen LogP contribution in [-0.2, 0) is 9.59 Å². The van der Waals surface area contributed by atoms with Crippen LogP contribution >= 0.6 is 0 Å². The fourth-order valence-corrected chi connectivity index (χ4v) is 2.88. The van der Waals surface area contributed by atoms with E-state index in [1.165, 1.54) is 0 Å². The fourth-order valence-electron chi connectivity index (χ4n) is 2.88. The molecule has 1 heterocycles. The molecular formula is C18H20N2O3. The molecule has 0 bridgehead atoms. The van der Waals surface area contributed by atoms with Crippen molar-refractivity contribution in [2.75, 3.05) is 13.1 Å². The first-order valence-electron chi connectivity index (χ1n) is 7.84.